The van der Waals surface area contributed by atoms with Gasteiger partial charge in [-0.15, -0.1) is 5.10 Å². The van der Waals surface area contributed by atoms with E-state index in [0.717, 1.165) is 31.4 Å². The molecule has 1 fully saturated rings. The van der Waals surface area contributed by atoms with Crippen molar-refractivity contribution >= 4 is 5.97 Å². The fraction of sp³-hybridized carbons (Fsp3) is 0.786. The fourth-order valence-corrected chi connectivity index (χ4v) is 3.21. The standard InChI is InChI=1S/C14H23N3O2/c1-9(2)10-4-5-13(14(18)19)11(6-10)7-12-8-17(3)16-15-12/h8-11,13H,4-7H2,1-3H3,(H,18,19). The quantitative estimate of drug-likeness (QED) is 0.905. The van der Waals surface area contributed by atoms with Crippen LogP contribution in [0, 0.1) is 23.7 Å². The number of carbonyl (C=O) groups is 1. The van der Waals surface area contributed by atoms with Crippen molar-refractivity contribution in [3.05, 3.63) is 11.9 Å². The normalized spacial score (nSPS) is 27.7. The highest BCUT2D eigenvalue weighted by molar-refractivity contribution is 5.70. The van der Waals surface area contributed by atoms with Gasteiger partial charge in [-0.3, -0.25) is 9.48 Å². The molecule has 3 atom stereocenters. The molecule has 0 aliphatic heterocycles. The molecule has 0 radical (unpaired) electrons. The average Bonchev–Trinajstić information content (AvgIpc) is 2.74. The predicted molar refractivity (Wildman–Crippen MR) is 71.5 cm³/mol. The summed E-state index contributed by atoms with van der Waals surface area (Å²) < 4.78 is 1.67. The van der Waals surface area contributed by atoms with E-state index >= 15 is 0 Å². The number of carboxylic acids is 1. The zero-order chi connectivity index (χ0) is 14.0. The SMILES string of the molecule is CC(C)C1CCC(C(=O)O)C(Cc2cn(C)nn2)C1. The van der Waals surface area contributed by atoms with Crippen molar-refractivity contribution in [2.75, 3.05) is 0 Å². The molecule has 1 saturated carbocycles. The van der Waals surface area contributed by atoms with Crippen LogP contribution in [0.25, 0.3) is 0 Å². The Kier molecular flexibility index (Phi) is 4.22. The van der Waals surface area contributed by atoms with Crippen LogP contribution in [0.2, 0.25) is 0 Å². The summed E-state index contributed by atoms with van der Waals surface area (Å²) in [4.78, 5) is 11.4. The largest absolute Gasteiger partial charge is 0.481 e. The van der Waals surface area contributed by atoms with E-state index in [1.165, 1.54) is 0 Å². The molecule has 1 aliphatic carbocycles. The van der Waals surface area contributed by atoms with Crippen LogP contribution >= 0.6 is 0 Å². The van der Waals surface area contributed by atoms with Gasteiger partial charge in [-0.05, 0) is 43.4 Å². The first-order valence-corrected chi connectivity index (χ1v) is 7.05. The van der Waals surface area contributed by atoms with E-state index in [1.54, 1.807) is 4.68 Å². The minimum absolute atomic E-state index is 0.190. The van der Waals surface area contributed by atoms with E-state index < -0.39 is 5.97 Å². The lowest BCUT2D eigenvalue weighted by atomic mass is 9.69. The summed E-state index contributed by atoms with van der Waals surface area (Å²) in [6, 6.07) is 0. The van der Waals surface area contributed by atoms with Gasteiger partial charge in [0.2, 0.25) is 0 Å². The van der Waals surface area contributed by atoms with Crippen LogP contribution in [0.4, 0.5) is 0 Å². The summed E-state index contributed by atoms with van der Waals surface area (Å²) in [6.45, 7) is 4.45. The van der Waals surface area contributed by atoms with E-state index in [4.69, 9.17) is 0 Å². The van der Waals surface area contributed by atoms with Gasteiger partial charge in [0.1, 0.15) is 0 Å². The van der Waals surface area contributed by atoms with Gasteiger partial charge in [-0.1, -0.05) is 19.1 Å². The van der Waals surface area contributed by atoms with E-state index in [9.17, 15) is 9.90 Å². The van der Waals surface area contributed by atoms with E-state index in [-0.39, 0.29) is 11.8 Å². The third kappa shape index (κ3) is 3.33. The minimum Gasteiger partial charge on any atom is -0.481 e. The highest BCUT2D eigenvalue weighted by Crippen LogP contribution is 2.39. The Bertz CT molecular complexity index is 442. The molecular weight excluding hydrogens is 242 g/mol. The van der Waals surface area contributed by atoms with Crippen molar-refractivity contribution in [3.63, 3.8) is 0 Å². The van der Waals surface area contributed by atoms with Crippen LogP contribution in [0.1, 0.15) is 38.8 Å². The van der Waals surface area contributed by atoms with Crippen LogP contribution in [-0.2, 0) is 18.3 Å². The van der Waals surface area contributed by atoms with Crippen molar-refractivity contribution in [2.45, 2.75) is 39.5 Å². The molecule has 106 valence electrons. The van der Waals surface area contributed by atoms with E-state index in [1.807, 2.05) is 13.2 Å². The Hall–Kier alpha value is -1.39. The number of carboxylic acid groups (broad SMARTS) is 1. The molecule has 1 aliphatic rings. The molecule has 3 unspecified atom stereocenters. The maximum absolute atomic E-state index is 11.4. The fourth-order valence-electron chi connectivity index (χ4n) is 3.21. The van der Waals surface area contributed by atoms with Crippen LogP contribution < -0.4 is 0 Å². The molecule has 5 heteroatoms. The summed E-state index contributed by atoms with van der Waals surface area (Å²) in [7, 11) is 1.84. The van der Waals surface area contributed by atoms with E-state index in [2.05, 4.69) is 24.2 Å². The summed E-state index contributed by atoms with van der Waals surface area (Å²) in [5.41, 5.74) is 0.906. The van der Waals surface area contributed by atoms with Gasteiger partial charge >= 0.3 is 5.97 Å². The first-order chi connectivity index (χ1) is 8.97. The Labute approximate surface area is 114 Å². The second-order valence-corrected chi connectivity index (χ2v) is 6.11. The monoisotopic (exact) mass is 265 g/mol. The Morgan fingerprint density at radius 2 is 2.26 bits per heavy atom. The maximum Gasteiger partial charge on any atom is 0.306 e. The topological polar surface area (TPSA) is 68.0 Å². The highest BCUT2D eigenvalue weighted by Gasteiger charge is 2.36. The average molecular weight is 265 g/mol. The Balaban J connectivity index is 2.09. The first kappa shape index (κ1) is 14.0. The molecular formula is C14H23N3O2. The molecule has 0 spiro atoms. The summed E-state index contributed by atoms with van der Waals surface area (Å²) in [5.74, 6) is 0.569. The molecule has 1 aromatic heterocycles. The molecule has 0 aromatic carbocycles. The second kappa shape index (κ2) is 5.72. The number of aromatic nitrogens is 3. The van der Waals surface area contributed by atoms with Gasteiger partial charge in [0.15, 0.2) is 0 Å². The Morgan fingerprint density at radius 3 is 2.79 bits per heavy atom. The Morgan fingerprint density at radius 1 is 1.53 bits per heavy atom. The van der Waals surface area contributed by atoms with Crippen molar-refractivity contribution in [1.29, 1.82) is 0 Å². The lowest BCUT2D eigenvalue weighted by Gasteiger charge is -2.35. The van der Waals surface area contributed by atoms with Gasteiger partial charge in [-0.25, -0.2) is 0 Å². The van der Waals surface area contributed by atoms with Crippen molar-refractivity contribution in [3.8, 4) is 0 Å². The van der Waals surface area contributed by atoms with Gasteiger partial charge < -0.3 is 5.11 Å². The molecule has 0 saturated heterocycles. The molecule has 0 bridgehead atoms. The lowest BCUT2D eigenvalue weighted by Crippen LogP contribution is -2.33. The van der Waals surface area contributed by atoms with Gasteiger partial charge in [-0.2, -0.15) is 0 Å². The zero-order valence-electron chi connectivity index (χ0n) is 11.9. The van der Waals surface area contributed by atoms with Gasteiger partial charge in [0.25, 0.3) is 0 Å². The summed E-state index contributed by atoms with van der Waals surface area (Å²) >= 11 is 0. The van der Waals surface area contributed by atoms with E-state index in [0.29, 0.717) is 11.8 Å². The van der Waals surface area contributed by atoms with Gasteiger partial charge in [0, 0.05) is 13.2 Å². The molecule has 1 aromatic rings. The molecule has 2 rings (SSSR count). The smallest absolute Gasteiger partial charge is 0.306 e. The van der Waals surface area contributed by atoms with Crippen LogP contribution in [-0.4, -0.2) is 26.1 Å². The number of aliphatic carboxylic acids is 1. The van der Waals surface area contributed by atoms with Crippen LogP contribution in [0.15, 0.2) is 6.20 Å². The minimum atomic E-state index is -0.656. The lowest BCUT2D eigenvalue weighted by molar-refractivity contribution is -0.145. The second-order valence-electron chi connectivity index (χ2n) is 6.11. The molecule has 1 N–H and O–H groups in total. The summed E-state index contributed by atoms with van der Waals surface area (Å²) in [6.07, 6.45) is 5.44. The van der Waals surface area contributed by atoms with Crippen LogP contribution in [0.5, 0.6) is 0 Å². The van der Waals surface area contributed by atoms with Crippen molar-refractivity contribution < 1.29 is 9.90 Å². The predicted octanol–water partition coefficient (Wildman–Crippen LogP) is 2.13. The van der Waals surface area contributed by atoms with Gasteiger partial charge in [0.05, 0.1) is 11.6 Å². The number of hydrogen-bond acceptors (Lipinski definition) is 3. The number of nitrogens with zero attached hydrogens (tertiary/aromatic N) is 3. The highest BCUT2D eigenvalue weighted by atomic mass is 16.4. The van der Waals surface area contributed by atoms with Crippen molar-refractivity contribution in [1.82, 2.24) is 15.0 Å². The molecule has 5 nitrogen and oxygen atoms in total. The number of hydrogen-bond donors (Lipinski definition) is 1. The molecule has 19 heavy (non-hydrogen) atoms. The maximum atomic E-state index is 11.4. The zero-order valence-corrected chi connectivity index (χ0v) is 11.9. The van der Waals surface area contributed by atoms with Crippen LogP contribution in [0.3, 0.4) is 0 Å². The molecule has 0 amide bonds. The first-order valence-electron chi connectivity index (χ1n) is 7.05. The number of rotatable bonds is 4. The summed E-state index contributed by atoms with van der Waals surface area (Å²) in [5, 5.41) is 17.4. The third-order valence-corrected chi connectivity index (χ3v) is 4.40. The number of aryl methyl sites for hydroxylation is 1. The van der Waals surface area contributed by atoms with Crippen molar-refractivity contribution in [2.24, 2.45) is 30.7 Å². The third-order valence-electron chi connectivity index (χ3n) is 4.40. The molecule has 1 heterocycles.